The number of hydrogen-bond acceptors (Lipinski definition) is 5. The number of ether oxygens (including phenoxy) is 2. The molecular weight excluding hydrogens is 418 g/mol. The molecule has 0 spiro atoms. The normalized spacial score (nSPS) is 15.5. The number of esters is 1. The highest BCUT2D eigenvalue weighted by Gasteiger charge is 2.29. The van der Waals surface area contributed by atoms with Crippen molar-refractivity contribution in [2.24, 2.45) is 0 Å². The summed E-state index contributed by atoms with van der Waals surface area (Å²) in [4.78, 5) is 25.1. The molecule has 1 aromatic heterocycles. The summed E-state index contributed by atoms with van der Waals surface area (Å²) in [6.45, 7) is 8.10. The van der Waals surface area contributed by atoms with Gasteiger partial charge in [0, 0.05) is 17.7 Å². The Labute approximate surface area is 193 Å². The minimum atomic E-state index is -0.410. The van der Waals surface area contributed by atoms with Crippen LogP contribution in [0.2, 0.25) is 0 Å². The average molecular weight is 448 g/mol. The van der Waals surface area contributed by atoms with Gasteiger partial charge >= 0.3 is 5.97 Å². The van der Waals surface area contributed by atoms with Crippen LogP contribution in [-0.4, -0.2) is 41.4 Å². The van der Waals surface area contributed by atoms with Crippen molar-refractivity contribution in [3.8, 4) is 16.9 Å². The fourth-order valence-corrected chi connectivity index (χ4v) is 4.42. The number of hydrogen-bond donors (Lipinski definition) is 1. The number of benzene rings is 2. The number of fused-ring (bicyclic) bond motifs is 1. The van der Waals surface area contributed by atoms with Gasteiger partial charge in [-0.15, -0.1) is 0 Å². The topological polar surface area (TPSA) is 82.5 Å². The lowest BCUT2D eigenvalue weighted by Gasteiger charge is -2.18. The predicted octanol–water partition coefficient (Wildman–Crippen LogP) is 3.94. The first-order chi connectivity index (χ1) is 15.8. The van der Waals surface area contributed by atoms with Crippen molar-refractivity contribution < 1.29 is 19.1 Å². The number of aryl methyl sites for hydroxylation is 3. The lowest BCUT2D eigenvalue weighted by Crippen LogP contribution is -2.38. The summed E-state index contributed by atoms with van der Waals surface area (Å²) in [6.07, 6.45) is 0.487. The molecule has 1 amide bonds. The number of nitrogens with zero attached hydrogens (tertiary/aromatic N) is 2. The Hall–Kier alpha value is -3.61. The maximum absolute atomic E-state index is 12.8. The number of amides is 1. The minimum Gasteiger partial charge on any atom is -0.487 e. The zero-order valence-electron chi connectivity index (χ0n) is 19.6. The SMILES string of the molecule is COC(=O)c1ccccc1-c1cc(C)cc2c1O[C@H](CNC(=O)[C@@H](C)n1nc(C)cc1C)C2. The summed E-state index contributed by atoms with van der Waals surface area (Å²) < 4.78 is 13.0. The van der Waals surface area contributed by atoms with E-state index in [1.54, 1.807) is 10.7 Å². The summed E-state index contributed by atoms with van der Waals surface area (Å²) in [5, 5.41) is 7.42. The molecule has 7 heteroatoms. The molecule has 0 radical (unpaired) electrons. The number of rotatable bonds is 6. The highest BCUT2D eigenvalue weighted by Crippen LogP contribution is 2.41. The monoisotopic (exact) mass is 447 g/mol. The molecule has 1 aliphatic heterocycles. The maximum Gasteiger partial charge on any atom is 0.338 e. The van der Waals surface area contributed by atoms with Crippen molar-refractivity contribution in [3.05, 3.63) is 70.5 Å². The Morgan fingerprint density at radius 2 is 1.94 bits per heavy atom. The van der Waals surface area contributed by atoms with Gasteiger partial charge in [0.15, 0.2) is 0 Å². The number of nitrogens with one attached hydrogen (secondary N) is 1. The largest absolute Gasteiger partial charge is 0.487 e. The van der Waals surface area contributed by atoms with Gasteiger partial charge in [-0.05, 0) is 62.6 Å². The molecular formula is C26H29N3O4. The van der Waals surface area contributed by atoms with E-state index < -0.39 is 6.04 Å². The van der Waals surface area contributed by atoms with Crippen LogP contribution in [0.5, 0.6) is 5.75 Å². The van der Waals surface area contributed by atoms with Crippen LogP contribution >= 0.6 is 0 Å². The molecule has 0 saturated heterocycles. The molecule has 0 aliphatic carbocycles. The average Bonchev–Trinajstić information content (AvgIpc) is 3.37. The molecule has 2 heterocycles. The molecule has 1 aliphatic rings. The molecule has 172 valence electrons. The minimum absolute atomic E-state index is 0.104. The Morgan fingerprint density at radius 3 is 2.64 bits per heavy atom. The highest BCUT2D eigenvalue weighted by atomic mass is 16.5. The van der Waals surface area contributed by atoms with Crippen LogP contribution in [0.4, 0.5) is 0 Å². The third kappa shape index (κ3) is 4.49. The lowest BCUT2D eigenvalue weighted by molar-refractivity contribution is -0.124. The number of methoxy groups -OCH3 is 1. The second-order valence-corrected chi connectivity index (χ2v) is 8.57. The molecule has 0 saturated carbocycles. The summed E-state index contributed by atoms with van der Waals surface area (Å²) >= 11 is 0. The van der Waals surface area contributed by atoms with Crippen molar-refractivity contribution in [1.82, 2.24) is 15.1 Å². The molecule has 3 aromatic rings. The van der Waals surface area contributed by atoms with E-state index in [1.807, 2.05) is 58.0 Å². The Balaban J connectivity index is 1.52. The molecule has 2 atom stereocenters. The van der Waals surface area contributed by atoms with E-state index in [2.05, 4.69) is 16.5 Å². The van der Waals surface area contributed by atoms with E-state index in [0.717, 1.165) is 39.4 Å². The molecule has 1 N–H and O–H groups in total. The summed E-state index contributed by atoms with van der Waals surface area (Å²) in [5.41, 5.74) is 6.10. The Kier molecular flexibility index (Phi) is 6.22. The number of aromatic nitrogens is 2. The van der Waals surface area contributed by atoms with Crippen molar-refractivity contribution in [1.29, 1.82) is 0 Å². The van der Waals surface area contributed by atoms with Crippen molar-refractivity contribution in [2.75, 3.05) is 13.7 Å². The Bertz CT molecular complexity index is 1210. The van der Waals surface area contributed by atoms with Crippen molar-refractivity contribution >= 4 is 11.9 Å². The molecule has 4 rings (SSSR count). The van der Waals surface area contributed by atoms with Crippen molar-refractivity contribution in [3.63, 3.8) is 0 Å². The van der Waals surface area contributed by atoms with E-state index in [0.29, 0.717) is 18.5 Å². The van der Waals surface area contributed by atoms with Gasteiger partial charge in [0.1, 0.15) is 17.9 Å². The van der Waals surface area contributed by atoms with E-state index in [9.17, 15) is 9.59 Å². The van der Waals surface area contributed by atoms with Crippen molar-refractivity contribution in [2.45, 2.75) is 46.3 Å². The van der Waals surface area contributed by atoms with Gasteiger partial charge in [-0.2, -0.15) is 5.10 Å². The van der Waals surface area contributed by atoms with Gasteiger partial charge < -0.3 is 14.8 Å². The van der Waals surface area contributed by atoms with Crippen LogP contribution in [0.15, 0.2) is 42.5 Å². The third-order valence-corrected chi connectivity index (χ3v) is 5.96. The fourth-order valence-electron chi connectivity index (χ4n) is 4.42. The van der Waals surface area contributed by atoms with Gasteiger partial charge in [-0.1, -0.05) is 24.3 Å². The molecule has 0 unspecified atom stereocenters. The van der Waals surface area contributed by atoms with E-state index in [-0.39, 0.29) is 18.0 Å². The summed E-state index contributed by atoms with van der Waals surface area (Å²) in [5.74, 6) is 0.261. The van der Waals surface area contributed by atoms with Gasteiger partial charge in [-0.25, -0.2) is 4.79 Å². The van der Waals surface area contributed by atoms with Gasteiger partial charge in [0.25, 0.3) is 0 Å². The van der Waals surface area contributed by atoms with Crippen LogP contribution in [0, 0.1) is 20.8 Å². The van der Waals surface area contributed by atoms with Gasteiger partial charge in [-0.3, -0.25) is 9.48 Å². The first-order valence-electron chi connectivity index (χ1n) is 11.1. The first-order valence-corrected chi connectivity index (χ1v) is 11.1. The van der Waals surface area contributed by atoms with Crippen LogP contribution in [0.25, 0.3) is 11.1 Å². The number of carbonyl (C=O) groups excluding carboxylic acids is 2. The summed E-state index contributed by atoms with van der Waals surface area (Å²) in [7, 11) is 1.38. The van der Waals surface area contributed by atoms with Crippen LogP contribution in [0.1, 0.15) is 45.8 Å². The van der Waals surface area contributed by atoms with E-state index in [1.165, 1.54) is 7.11 Å². The molecule has 7 nitrogen and oxygen atoms in total. The van der Waals surface area contributed by atoms with Crippen LogP contribution in [-0.2, 0) is 16.0 Å². The van der Waals surface area contributed by atoms with Gasteiger partial charge in [0.2, 0.25) is 5.91 Å². The Morgan fingerprint density at radius 1 is 1.18 bits per heavy atom. The second kappa shape index (κ2) is 9.10. The molecule has 0 fully saturated rings. The summed E-state index contributed by atoms with van der Waals surface area (Å²) in [6, 6.07) is 13.0. The van der Waals surface area contributed by atoms with Crippen LogP contribution in [0.3, 0.4) is 0 Å². The van der Waals surface area contributed by atoms with Crippen LogP contribution < -0.4 is 10.1 Å². The quantitative estimate of drug-likeness (QED) is 0.579. The zero-order valence-corrected chi connectivity index (χ0v) is 19.6. The highest BCUT2D eigenvalue weighted by molar-refractivity contribution is 5.98. The molecule has 2 aromatic carbocycles. The zero-order chi connectivity index (χ0) is 23.7. The third-order valence-electron chi connectivity index (χ3n) is 5.96. The van der Waals surface area contributed by atoms with E-state index in [4.69, 9.17) is 9.47 Å². The van der Waals surface area contributed by atoms with Gasteiger partial charge in [0.05, 0.1) is 24.9 Å². The first kappa shape index (κ1) is 22.6. The standard InChI is InChI=1S/C26H29N3O4/c1-15-10-19-13-20(14-27-25(30)18(4)29-17(3)12-16(2)28-29)33-24(19)23(11-15)21-8-6-7-9-22(21)26(31)32-5/h6-12,18,20H,13-14H2,1-5H3,(H,27,30)/t18-,20+/m1/s1. The smallest absolute Gasteiger partial charge is 0.338 e. The van der Waals surface area contributed by atoms with E-state index >= 15 is 0 Å². The molecule has 33 heavy (non-hydrogen) atoms. The molecule has 0 bridgehead atoms. The predicted molar refractivity (Wildman–Crippen MR) is 125 cm³/mol. The second-order valence-electron chi connectivity index (χ2n) is 8.57. The fraction of sp³-hybridized carbons (Fsp3) is 0.346. The maximum atomic E-state index is 12.8. The number of carbonyl (C=O) groups is 2. The lowest BCUT2D eigenvalue weighted by atomic mass is 9.94.